The molecule has 1 aromatic heterocycles. The summed E-state index contributed by atoms with van der Waals surface area (Å²) in [5, 5.41) is 13.5. The number of carbonyl (C=O) groups is 1. The highest BCUT2D eigenvalue weighted by molar-refractivity contribution is 6.31. The van der Waals surface area contributed by atoms with E-state index in [4.69, 9.17) is 25.8 Å². The molecular formula is C25H28ClFN2O5. The van der Waals surface area contributed by atoms with E-state index in [1.54, 1.807) is 34.3 Å². The number of benzene rings is 2. The van der Waals surface area contributed by atoms with Crippen LogP contribution in [-0.4, -0.2) is 37.0 Å². The van der Waals surface area contributed by atoms with E-state index < -0.39 is 11.8 Å². The van der Waals surface area contributed by atoms with Crippen LogP contribution in [0.2, 0.25) is 5.02 Å². The Balaban J connectivity index is 1.86. The highest BCUT2D eigenvalue weighted by Gasteiger charge is 2.23. The molecule has 2 aromatic carbocycles. The van der Waals surface area contributed by atoms with Gasteiger partial charge in [0.1, 0.15) is 5.82 Å². The lowest BCUT2D eigenvalue weighted by Crippen LogP contribution is -2.16. The summed E-state index contributed by atoms with van der Waals surface area (Å²) >= 11 is 6.20. The van der Waals surface area contributed by atoms with E-state index in [0.29, 0.717) is 58.7 Å². The molecular weight excluding hydrogens is 463 g/mol. The minimum absolute atomic E-state index is 0.244. The second kappa shape index (κ2) is 10.8. The van der Waals surface area contributed by atoms with Gasteiger partial charge >= 0.3 is 5.97 Å². The topological polar surface area (TPSA) is 82.0 Å². The van der Waals surface area contributed by atoms with Gasteiger partial charge in [0.2, 0.25) is 5.75 Å². The molecule has 0 unspecified atom stereocenters. The molecule has 0 aliphatic rings. The van der Waals surface area contributed by atoms with Crippen LogP contribution in [0.5, 0.6) is 17.2 Å². The van der Waals surface area contributed by atoms with Crippen molar-refractivity contribution in [3.8, 4) is 17.2 Å². The van der Waals surface area contributed by atoms with E-state index >= 15 is 0 Å². The summed E-state index contributed by atoms with van der Waals surface area (Å²) in [4.78, 5) is 12.1. The number of hydrogen-bond donors (Lipinski definition) is 2. The predicted octanol–water partition coefficient (Wildman–Crippen LogP) is 4.96. The number of carboxylic acids is 1. The Morgan fingerprint density at radius 3 is 2.21 bits per heavy atom. The van der Waals surface area contributed by atoms with Crippen LogP contribution in [0.25, 0.3) is 0 Å². The molecule has 0 amide bonds. The summed E-state index contributed by atoms with van der Waals surface area (Å²) in [5.74, 6) is 0.162. The summed E-state index contributed by atoms with van der Waals surface area (Å²) in [5.41, 5.74) is 3.92. The first-order valence-electron chi connectivity index (χ1n) is 10.6. The minimum atomic E-state index is -1.01. The average molecular weight is 491 g/mol. The number of nitrogens with zero attached hydrogens (tertiary/aromatic N) is 1. The van der Waals surface area contributed by atoms with E-state index in [1.165, 1.54) is 12.1 Å². The number of halogens is 2. The molecule has 9 heteroatoms. The fraction of sp³-hybridized carbons (Fsp3) is 0.320. The largest absolute Gasteiger partial charge is 0.493 e. The number of hydrogen-bond acceptors (Lipinski definition) is 5. The van der Waals surface area contributed by atoms with Crippen molar-refractivity contribution in [3.05, 3.63) is 74.8 Å². The Kier molecular flexibility index (Phi) is 8.06. The standard InChI is InChI=1S/C25H28ClFN2O5/c1-14-19(12-28-11-16-8-21(32-3)24(34-5)22(9-16)33-4)23(25(30)31)15(2)29(14)13-17-6-7-18(27)10-20(17)26/h6-10,28H,11-13H2,1-5H3,(H,30,31). The Hall–Kier alpha value is -3.23. The molecule has 182 valence electrons. The van der Waals surface area contributed by atoms with Gasteiger partial charge in [-0.2, -0.15) is 0 Å². The van der Waals surface area contributed by atoms with Crippen molar-refractivity contribution in [2.75, 3.05) is 21.3 Å². The highest BCUT2D eigenvalue weighted by atomic mass is 35.5. The number of aromatic carboxylic acids is 1. The molecule has 7 nitrogen and oxygen atoms in total. The highest BCUT2D eigenvalue weighted by Crippen LogP contribution is 2.38. The van der Waals surface area contributed by atoms with Crippen LogP contribution in [0.1, 0.15) is 38.4 Å². The van der Waals surface area contributed by atoms with Crippen molar-refractivity contribution in [2.24, 2.45) is 0 Å². The minimum Gasteiger partial charge on any atom is -0.493 e. The average Bonchev–Trinajstić information content (AvgIpc) is 3.04. The van der Waals surface area contributed by atoms with Gasteiger partial charge in [0.25, 0.3) is 0 Å². The quantitative estimate of drug-likeness (QED) is 0.418. The molecule has 0 saturated heterocycles. The predicted molar refractivity (Wildman–Crippen MR) is 128 cm³/mol. The van der Waals surface area contributed by atoms with Gasteiger partial charge in [-0.1, -0.05) is 17.7 Å². The van der Waals surface area contributed by atoms with Crippen LogP contribution in [-0.2, 0) is 19.6 Å². The molecule has 0 spiro atoms. The number of carboxylic acid groups (broad SMARTS) is 1. The maximum Gasteiger partial charge on any atom is 0.337 e. The first kappa shape index (κ1) is 25.4. The molecule has 0 aliphatic heterocycles. The molecule has 0 aliphatic carbocycles. The molecule has 3 aromatic rings. The first-order chi connectivity index (χ1) is 16.2. The van der Waals surface area contributed by atoms with Crippen molar-refractivity contribution in [3.63, 3.8) is 0 Å². The van der Waals surface area contributed by atoms with Crippen LogP contribution in [0.3, 0.4) is 0 Å². The summed E-state index contributed by atoms with van der Waals surface area (Å²) in [6, 6.07) is 7.88. The SMILES string of the molecule is COc1cc(CNCc2c(C(=O)O)c(C)n(Cc3ccc(F)cc3Cl)c2C)cc(OC)c1OC. The summed E-state index contributed by atoms with van der Waals surface area (Å²) in [6.07, 6.45) is 0. The lowest BCUT2D eigenvalue weighted by atomic mass is 10.1. The summed E-state index contributed by atoms with van der Waals surface area (Å²) in [7, 11) is 4.65. The Labute approximate surface area is 203 Å². The molecule has 0 bridgehead atoms. The molecule has 0 radical (unpaired) electrons. The van der Waals surface area contributed by atoms with Gasteiger partial charge in [0.15, 0.2) is 11.5 Å². The number of rotatable bonds is 10. The van der Waals surface area contributed by atoms with Crippen molar-refractivity contribution in [2.45, 2.75) is 33.5 Å². The maximum atomic E-state index is 13.4. The van der Waals surface area contributed by atoms with Gasteiger partial charge in [0, 0.05) is 41.6 Å². The smallest absolute Gasteiger partial charge is 0.337 e. The van der Waals surface area contributed by atoms with Gasteiger partial charge in [-0.15, -0.1) is 0 Å². The monoisotopic (exact) mass is 490 g/mol. The van der Waals surface area contributed by atoms with Crippen LogP contribution in [0, 0.1) is 19.7 Å². The third-order valence-corrected chi connectivity index (χ3v) is 6.17. The summed E-state index contributed by atoms with van der Waals surface area (Å²) < 4.78 is 31.5. The van der Waals surface area contributed by atoms with Gasteiger partial charge in [-0.05, 0) is 49.2 Å². The molecule has 2 N–H and O–H groups in total. The molecule has 0 atom stereocenters. The van der Waals surface area contributed by atoms with Crippen molar-refractivity contribution >= 4 is 17.6 Å². The van der Waals surface area contributed by atoms with Crippen LogP contribution in [0.4, 0.5) is 4.39 Å². The van der Waals surface area contributed by atoms with Gasteiger partial charge in [-0.3, -0.25) is 0 Å². The van der Waals surface area contributed by atoms with Gasteiger partial charge in [-0.25, -0.2) is 9.18 Å². The van der Waals surface area contributed by atoms with E-state index in [1.807, 2.05) is 23.6 Å². The first-order valence-corrected chi connectivity index (χ1v) is 10.9. The summed E-state index contributed by atoms with van der Waals surface area (Å²) in [6.45, 7) is 4.74. The van der Waals surface area contributed by atoms with Gasteiger partial charge < -0.3 is 29.2 Å². The third kappa shape index (κ3) is 5.13. The molecule has 1 heterocycles. The zero-order chi connectivity index (χ0) is 25.0. The Bertz CT molecular complexity index is 1180. The van der Waals surface area contributed by atoms with E-state index in [-0.39, 0.29) is 5.56 Å². The fourth-order valence-electron chi connectivity index (χ4n) is 4.08. The van der Waals surface area contributed by atoms with E-state index in [9.17, 15) is 14.3 Å². The Morgan fingerprint density at radius 1 is 1.03 bits per heavy atom. The maximum absolute atomic E-state index is 13.4. The number of methoxy groups -OCH3 is 3. The zero-order valence-electron chi connectivity index (χ0n) is 19.8. The zero-order valence-corrected chi connectivity index (χ0v) is 20.5. The van der Waals surface area contributed by atoms with Crippen molar-refractivity contribution in [1.29, 1.82) is 0 Å². The second-order valence-electron chi connectivity index (χ2n) is 7.79. The van der Waals surface area contributed by atoms with Crippen molar-refractivity contribution < 1.29 is 28.5 Å². The number of ether oxygens (including phenoxy) is 3. The van der Waals surface area contributed by atoms with Crippen LogP contribution >= 0.6 is 11.6 Å². The van der Waals surface area contributed by atoms with E-state index in [0.717, 1.165) is 11.3 Å². The Morgan fingerprint density at radius 2 is 1.68 bits per heavy atom. The molecule has 3 rings (SSSR count). The van der Waals surface area contributed by atoms with Crippen LogP contribution < -0.4 is 19.5 Å². The van der Waals surface area contributed by atoms with Crippen molar-refractivity contribution in [1.82, 2.24) is 9.88 Å². The third-order valence-electron chi connectivity index (χ3n) is 5.82. The molecule has 0 fully saturated rings. The second-order valence-corrected chi connectivity index (χ2v) is 8.20. The van der Waals surface area contributed by atoms with E-state index in [2.05, 4.69) is 5.32 Å². The molecule has 0 saturated carbocycles. The lowest BCUT2D eigenvalue weighted by molar-refractivity contribution is 0.0694. The number of nitrogens with one attached hydrogen (secondary N) is 1. The van der Waals surface area contributed by atoms with Gasteiger partial charge in [0.05, 0.1) is 26.9 Å². The fourth-order valence-corrected chi connectivity index (χ4v) is 4.30. The number of aromatic nitrogens is 1. The molecule has 34 heavy (non-hydrogen) atoms. The normalized spacial score (nSPS) is 10.9. The lowest BCUT2D eigenvalue weighted by Gasteiger charge is -2.15. The van der Waals surface area contributed by atoms with Crippen LogP contribution in [0.15, 0.2) is 30.3 Å².